The van der Waals surface area contributed by atoms with Gasteiger partial charge in [-0.3, -0.25) is 8.29 Å². The monoisotopic (exact) mass is 218 g/mol. The van der Waals surface area contributed by atoms with Gasteiger partial charge >= 0.3 is 0 Å². The van der Waals surface area contributed by atoms with Crippen LogP contribution in [0, 0.1) is 5.92 Å². The molecule has 0 amide bonds. The second kappa shape index (κ2) is 2.93. The molecule has 0 aromatic carbocycles. The van der Waals surface area contributed by atoms with Crippen molar-refractivity contribution >= 4 is 8.29 Å². The Hall–Kier alpha value is 0.350. The molecule has 14 heavy (non-hydrogen) atoms. The third kappa shape index (κ3) is 1.62. The van der Waals surface area contributed by atoms with Crippen molar-refractivity contribution in [3.05, 3.63) is 0 Å². The van der Waals surface area contributed by atoms with Gasteiger partial charge in [-0.2, -0.15) is 0 Å². The standard InChI is InChI=1S/C13H30S/c1-7-14(5,6,10-8-12(2)3)11-9-13(14)4/h12-13H,7-11H2,1-6H3. The first kappa shape index (κ1) is 12.4. The molecule has 1 heteroatoms. The van der Waals surface area contributed by atoms with Gasteiger partial charge in [0.2, 0.25) is 0 Å². The van der Waals surface area contributed by atoms with Gasteiger partial charge in [0.15, 0.2) is 0 Å². The molecule has 0 radical (unpaired) electrons. The molecule has 1 aliphatic rings. The Balaban J connectivity index is 2.85. The van der Waals surface area contributed by atoms with E-state index in [4.69, 9.17) is 0 Å². The van der Waals surface area contributed by atoms with E-state index < -0.39 is 8.29 Å². The van der Waals surface area contributed by atoms with Gasteiger partial charge in [-0.15, -0.1) is 0 Å². The first-order valence-electron chi connectivity index (χ1n) is 6.17. The van der Waals surface area contributed by atoms with E-state index >= 15 is 0 Å². The first-order chi connectivity index (χ1) is 6.17. The lowest BCUT2D eigenvalue weighted by molar-refractivity contribution is 0.618. The summed E-state index contributed by atoms with van der Waals surface area (Å²) in [5, 5.41) is 1.01. The van der Waals surface area contributed by atoms with Crippen LogP contribution in [0.3, 0.4) is 0 Å². The van der Waals surface area contributed by atoms with Gasteiger partial charge in [-0.1, -0.05) is 27.7 Å². The van der Waals surface area contributed by atoms with Crippen LogP contribution >= 0.6 is 8.29 Å². The van der Waals surface area contributed by atoms with Gasteiger partial charge in [0.05, 0.1) is 0 Å². The molecule has 1 atom stereocenters. The smallest absolute Gasteiger partial charge is 0.0244 e. The molecular formula is C13H30S. The van der Waals surface area contributed by atoms with E-state index in [0.717, 1.165) is 11.2 Å². The minimum atomic E-state index is -1.59. The first-order valence-corrected chi connectivity index (χ1v) is 10.0. The lowest BCUT2D eigenvalue weighted by Gasteiger charge is -2.85. The quantitative estimate of drug-likeness (QED) is 0.669. The maximum absolute atomic E-state index is 2.68. The van der Waals surface area contributed by atoms with Gasteiger partial charge in [0, 0.05) is 0 Å². The van der Waals surface area contributed by atoms with Crippen molar-refractivity contribution in [3.63, 3.8) is 0 Å². The fourth-order valence-electron chi connectivity index (χ4n) is 2.74. The molecule has 1 heterocycles. The Morgan fingerprint density at radius 1 is 1.29 bits per heavy atom. The highest BCUT2D eigenvalue weighted by Gasteiger charge is 2.60. The topological polar surface area (TPSA) is 0 Å². The predicted molar refractivity (Wildman–Crippen MR) is 73.2 cm³/mol. The van der Waals surface area contributed by atoms with Crippen LogP contribution in [0.15, 0.2) is 0 Å². The molecule has 1 saturated heterocycles. The van der Waals surface area contributed by atoms with Crippen molar-refractivity contribution in [1.82, 2.24) is 0 Å². The van der Waals surface area contributed by atoms with E-state index in [2.05, 4.69) is 40.2 Å². The minimum absolute atomic E-state index is 0.877. The summed E-state index contributed by atoms with van der Waals surface area (Å²) >= 11 is 0. The zero-order chi connectivity index (χ0) is 11.1. The Morgan fingerprint density at radius 2 is 1.86 bits per heavy atom. The Morgan fingerprint density at radius 3 is 2.07 bits per heavy atom. The molecule has 88 valence electrons. The molecule has 0 N–H and O–H groups in total. The highest BCUT2D eigenvalue weighted by atomic mass is 32.4. The minimum Gasteiger partial charge on any atom is -0.277 e. The molecule has 0 bridgehead atoms. The second-order valence-corrected chi connectivity index (χ2v) is 16.8. The van der Waals surface area contributed by atoms with E-state index in [1.165, 1.54) is 24.3 Å². The molecule has 0 spiro atoms. The van der Waals surface area contributed by atoms with E-state index in [-0.39, 0.29) is 0 Å². The largest absolute Gasteiger partial charge is 0.277 e. The molecule has 0 aliphatic carbocycles. The van der Waals surface area contributed by atoms with Crippen molar-refractivity contribution < 1.29 is 0 Å². The molecular weight excluding hydrogens is 188 g/mol. The summed E-state index contributed by atoms with van der Waals surface area (Å²) < 4.78 is 0. The second-order valence-electron chi connectivity index (χ2n) is 7.20. The van der Waals surface area contributed by atoms with Crippen LogP contribution in [0.25, 0.3) is 0 Å². The van der Waals surface area contributed by atoms with E-state index in [9.17, 15) is 0 Å². The van der Waals surface area contributed by atoms with Crippen LogP contribution in [0.5, 0.6) is 0 Å². The van der Waals surface area contributed by atoms with E-state index in [1.54, 1.807) is 5.75 Å². The van der Waals surface area contributed by atoms with Gasteiger partial charge in [0.1, 0.15) is 0 Å². The Bertz CT molecular complexity index is 232. The third-order valence-electron chi connectivity index (χ3n) is 5.66. The Labute approximate surface area is 90.1 Å². The average molecular weight is 218 g/mol. The Kier molecular flexibility index (Phi) is 2.60. The van der Waals surface area contributed by atoms with Gasteiger partial charge < -0.3 is 0 Å². The third-order valence-corrected chi connectivity index (χ3v) is 15.2. The summed E-state index contributed by atoms with van der Waals surface area (Å²) in [6.45, 7) is 9.68. The molecule has 0 nitrogen and oxygen atoms in total. The summed E-state index contributed by atoms with van der Waals surface area (Å²) in [6, 6.07) is 0. The highest BCUT2D eigenvalue weighted by Crippen LogP contribution is 2.93. The van der Waals surface area contributed by atoms with Crippen molar-refractivity contribution in [1.29, 1.82) is 0 Å². The maximum atomic E-state index is 2.68. The molecule has 1 rings (SSSR count). The van der Waals surface area contributed by atoms with Crippen LogP contribution in [0.4, 0.5) is 0 Å². The normalized spacial score (nSPS) is 37.5. The average Bonchev–Trinajstić information content (AvgIpc) is 2.14. The maximum Gasteiger partial charge on any atom is -0.0244 e. The van der Waals surface area contributed by atoms with Crippen LogP contribution in [-0.4, -0.2) is 35.0 Å². The molecule has 1 unspecified atom stereocenters. The van der Waals surface area contributed by atoms with E-state index in [1.807, 2.05) is 0 Å². The van der Waals surface area contributed by atoms with Gasteiger partial charge in [0.25, 0.3) is 0 Å². The summed E-state index contributed by atoms with van der Waals surface area (Å²) in [6.07, 6.45) is 8.28. The zero-order valence-corrected chi connectivity index (χ0v) is 11.9. The van der Waals surface area contributed by atoms with Crippen LogP contribution in [-0.2, 0) is 0 Å². The van der Waals surface area contributed by atoms with Crippen LogP contribution in [0.1, 0.15) is 40.5 Å². The molecule has 0 aromatic heterocycles. The van der Waals surface area contributed by atoms with E-state index in [0.29, 0.717) is 0 Å². The van der Waals surface area contributed by atoms with Crippen LogP contribution in [0.2, 0.25) is 0 Å². The molecule has 1 aliphatic heterocycles. The summed E-state index contributed by atoms with van der Waals surface area (Å²) in [5.41, 5.74) is 0. The zero-order valence-electron chi connectivity index (χ0n) is 11.1. The lowest BCUT2D eigenvalue weighted by atomic mass is 10.2. The number of hydrogen-bond acceptors (Lipinski definition) is 0. The fraction of sp³-hybridized carbons (Fsp3) is 1.00. The summed E-state index contributed by atoms with van der Waals surface area (Å²) in [4.78, 5) is 0. The lowest BCUT2D eigenvalue weighted by Crippen LogP contribution is -2.58. The van der Waals surface area contributed by atoms with Crippen molar-refractivity contribution in [2.24, 2.45) is 5.92 Å². The molecule has 0 saturated carbocycles. The number of hydrogen-bond donors (Lipinski definition) is 0. The van der Waals surface area contributed by atoms with Crippen molar-refractivity contribution in [2.75, 3.05) is 29.8 Å². The number of rotatable bonds is 4. The predicted octanol–water partition coefficient (Wildman–Crippen LogP) is 3.98. The summed E-state index contributed by atoms with van der Waals surface area (Å²) in [5.74, 6) is 5.40. The van der Waals surface area contributed by atoms with Crippen LogP contribution < -0.4 is 0 Å². The SMILES string of the molecule is CCS1(C)(C)(CCC(C)C)CCC1C. The van der Waals surface area contributed by atoms with Crippen molar-refractivity contribution in [2.45, 2.75) is 45.8 Å². The summed E-state index contributed by atoms with van der Waals surface area (Å²) in [7, 11) is -1.59. The van der Waals surface area contributed by atoms with Gasteiger partial charge in [-0.05, 0) is 53.8 Å². The fourth-order valence-corrected chi connectivity index (χ4v) is 8.22. The van der Waals surface area contributed by atoms with Crippen molar-refractivity contribution in [3.8, 4) is 0 Å². The molecule has 0 aromatic rings. The highest BCUT2D eigenvalue weighted by molar-refractivity contribution is 8.65. The van der Waals surface area contributed by atoms with Gasteiger partial charge in [-0.25, -0.2) is 0 Å². The molecule has 1 fully saturated rings.